The first-order valence-electron chi connectivity index (χ1n) is 13.1. The van der Waals surface area contributed by atoms with Gasteiger partial charge < -0.3 is 4.74 Å². The summed E-state index contributed by atoms with van der Waals surface area (Å²) >= 11 is 0. The highest BCUT2D eigenvalue weighted by Crippen LogP contribution is 2.31. The van der Waals surface area contributed by atoms with Crippen LogP contribution in [0.3, 0.4) is 0 Å². The van der Waals surface area contributed by atoms with Crippen molar-refractivity contribution < 1.29 is 4.74 Å². The molecule has 0 aromatic heterocycles. The summed E-state index contributed by atoms with van der Waals surface area (Å²) in [4.78, 5) is 5.34. The smallest absolute Gasteiger partial charge is 0.122 e. The minimum absolute atomic E-state index is 0.768. The van der Waals surface area contributed by atoms with Gasteiger partial charge in [-0.05, 0) is 79.2 Å². The SMILES string of the molecule is CCCC1CCC2CCCc3cc(CN4CCc5ccccc5C4)ccc3OCCN2C1. The minimum atomic E-state index is 0.768. The highest BCUT2D eigenvalue weighted by Gasteiger charge is 2.28. The zero-order chi connectivity index (χ0) is 21.8. The van der Waals surface area contributed by atoms with Crippen LogP contribution in [-0.2, 0) is 25.9 Å². The van der Waals surface area contributed by atoms with E-state index in [1.807, 2.05) is 0 Å². The number of fused-ring (bicyclic) bond motifs is 3. The third kappa shape index (κ3) is 5.21. The van der Waals surface area contributed by atoms with Crippen molar-refractivity contribution in [1.29, 1.82) is 0 Å². The Bertz CT molecular complexity index is 894. The van der Waals surface area contributed by atoms with E-state index in [0.717, 1.165) is 56.9 Å². The number of nitrogens with zero attached hydrogens (tertiary/aromatic N) is 2. The van der Waals surface area contributed by atoms with Crippen molar-refractivity contribution in [1.82, 2.24) is 9.80 Å². The average molecular weight is 433 g/mol. The highest BCUT2D eigenvalue weighted by atomic mass is 16.5. The lowest BCUT2D eigenvalue weighted by molar-refractivity contribution is 0.0783. The molecule has 3 aliphatic rings. The van der Waals surface area contributed by atoms with Gasteiger partial charge in [-0.3, -0.25) is 9.80 Å². The van der Waals surface area contributed by atoms with Gasteiger partial charge in [-0.25, -0.2) is 0 Å². The highest BCUT2D eigenvalue weighted by molar-refractivity contribution is 5.38. The number of rotatable bonds is 4. The third-order valence-corrected chi connectivity index (χ3v) is 7.97. The molecule has 1 saturated heterocycles. The van der Waals surface area contributed by atoms with Crippen LogP contribution < -0.4 is 4.74 Å². The molecule has 0 radical (unpaired) electrons. The van der Waals surface area contributed by atoms with Crippen molar-refractivity contribution in [2.75, 3.05) is 26.2 Å². The maximum atomic E-state index is 6.34. The molecule has 3 nitrogen and oxygen atoms in total. The van der Waals surface area contributed by atoms with Crippen LogP contribution in [0.4, 0.5) is 0 Å². The molecule has 2 atom stereocenters. The Hall–Kier alpha value is -1.84. The van der Waals surface area contributed by atoms with Crippen molar-refractivity contribution in [3.63, 3.8) is 0 Å². The molecular weight excluding hydrogens is 392 g/mol. The monoisotopic (exact) mass is 432 g/mol. The summed E-state index contributed by atoms with van der Waals surface area (Å²) in [5.41, 5.74) is 5.89. The zero-order valence-electron chi connectivity index (χ0n) is 19.9. The molecule has 172 valence electrons. The van der Waals surface area contributed by atoms with Gasteiger partial charge in [0.15, 0.2) is 0 Å². The summed E-state index contributed by atoms with van der Waals surface area (Å²) in [5, 5.41) is 0. The van der Waals surface area contributed by atoms with E-state index in [1.165, 1.54) is 73.7 Å². The summed E-state index contributed by atoms with van der Waals surface area (Å²) in [5.74, 6) is 2.02. The average Bonchev–Trinajstić information content (AvgIpc) is 2.82. The van der Waals surface area contributed by atoms with Crippen LogP contribution in [0, 0.1) is 5.92 Å². The Morgan fingerprint density at radius 1 is 0.938 bits per heavy atom. The first kappa shape index (κ1) is 22.0. The van der Waals surface area contributed by atoms with Gasteiger partial charge in [0.2, 0.25) is 0 Å². The van der Waals surface area contributed by atoms with Crippen molar-refractivity contribution in [3.8, 4) is 5.75 Å². The first-order valence-corrected chi connectivity index (χ1v) is 13.1. The van der Waals surface area contributed by atoms with Gasteiger partial charge in [-0.1, -0.05) is 49.7 Å². The summed E-state index contributed by atoms with van der Waals surface area (Å²) in [6, 6.07) is 16.7. The minimum Gasteiger partial charge on any atom is -0.492 e. The summed E-state index contributed by atoms with van der Waals surface area (Å²) in [6.07, 6.45) is 10.4. The van der Waals surface area contributed by atoms with E-state index in [2.05, 4.69) is 59.2 Å². The second-order valence-corrected chi connectivity index (χ2v) is 10.3. The van der Waals surface area contributed by atoms with Crippen LogP contribution in [0.2, 0.25) is 0 Å². The second-order valence-electron chi connectivity index (χ2n) is 10.3. The fourth-order valence-corrected chi connectivity index (χ4v) is 6.24. The molecule has 1 fully saturated rings. The number of aryl methyl sites for hydroxylation is 1. The molecule has 2 aromatic carbocycles. The van der Waals surface area contributed by atoms with E-state index >= 15 is 0 Å². The van der Waals surface area contributed by atoms with Crippen LogP contribution in [0.1, 0.15) is 67.7 Å². The fraction of sp³-hybridized carbons (Fsp3) is 0.586. The van der Waals surface area contributed by atoms with Gasteiger partial charge in [0.05, 0.1) is 0 Å². The van der Waals surface area contributed by atoms with Gasteiger partial charge in [-0.2, -0.15) is 0 Å². The van der Waals surface area contributed by atoms with Crippen molar-refractivity contribution in [3.05, 3.63) is 64.7 Å². The van der Waals surface area contributed by atoms with Crippen LogP contribution in [0.15, 0.2) is 42.5 Å². The first-order chi connectivity index (χ1) is 15.8. The lowest BCUT2D eigenvalue weighted by atomic mass is 9.87. The lowest BCUT2D eigenvalue weighted by Gasteiger charge is -2.40. The quantitative estimate of drug-likeness (QED) is 0.603. The Morgan fingerprint density at radius 2 is 1.84 bits per heavy atom. The zero-order valence-corrected chi connectivity index (χ0v) is 19.9. The van der Waals surface area contributed by atoms with Crippen LogP contribution >= 0.6 is 0 Å². The number of benzene rings is 2. The Balaban J connectivity index is 1.23. The number of hydrogen-bond acceptors (Lipinski definition) is 3. The number of piperidine rings is 1. The Kier molecular flexibility index (Phi) is 7.14. The summed E-state index contributed by atoms with van der Waals surface area (Å²) in [7, 11) is 0. The predicted molar refractivity (Wildman–Crippen MR) is 132 cm³/mol. The molecule has 2 aromatic rings. The molecule has 0 aliphatic carbocycles. The largest absolute Gasteiger partial charge is 0.492 e. The number of hydrogen-bond donors (Lipinski definition) is 0. The topological polar surface area (TPSA) is 15.7 Å². The van der Waals surface area contributed by atoms with Gasteiger partial charge in [0, 0.05) is 38.8 Å². The van der Waals surface area contributed by atoms with Gasteiger partial charge in [0.25, 0.3) is 0 Å². The molecule has 0 amide bonds. The number of ether oxygens (including phenoxy) is 1. The van der Waals surface area contributed by atoms with E-state index in [1.54, 1.807) is 0 Å². The van der Waals surface area contributed by atoms with Crippen LogP contribution in [0.25, 0.3) is 0 Å². The molecular formula is C29H40N2O. The van der Waals surface area contributed by atoms with E-state index < -0.39 is 0 Å². The van der Waals surface area contributed by atoms with E-state index in [-0.39, 0.29) is 0 Å². The molecule has 5 rings (SSSR count). The molecule has 2 unspecified atom stereocenters. The molecule has 32 heavy (non-hydrogen) atoms. The summed E-state index contributed by atoms with van der Waals surface area (Å²) in [6.45, 7) is 8.78. The molecule has 3 heterocycles. The van der Waals surface area contributed by atoms with E-state index in [4.69, 9.17) is 4.74 Å². The van der Waals surface area contributed by atoms with E-state index in [9.17, 15) is 0 Å². The maximum Gasteiger partial charge on any atom is 0.122 e. The molecule has 3 aliphatic heterocycles. The fourth-order valence-electron chi connectivity index (χ4n) is 6.24. The summed E-state index contributed by atoms with van der Waals surface area (Å²) < 4.78 is 6.34. The molecule has 0 bridgehead atoms. The molecule has 0 saturated carbocycles. The lowest BCUT2D eigenvalue weighted by Crippen LogP contribution is -2.45. The van der Waals surface area contributed by atoms with Gasteiger partial charge in [-0.15, -0.1) is 0 Å². The molecule has 3 heteroatoms. The third-order valence-electron chi connectivity index (χ3n) is 7.97. The Morgan fingerprint density at radius 3 is 2.75 bits per heavy atom. The van der Waals surface area contributed by atoms with E-state index in [0.29, 0.717) is 0 Å². The predicted octanol–water partition coefficient (Wildman–Crippen LogP) is 5.84. The molecule has 0 spiro atoms. The van der Waals surface area contributed by atoms with Gasteiger partial charge in [0.1, 0.15) is 12.4 Å². The Labute approximate surface area is 194 Å². The standard InChI is InChI=1S/C29H40N2O/c1-2-6-23-11-13-28-10-5-9-26-19-24(12-14-29(26)32-18-17-31(28)21-23)20-30-16-15-25-7-3-4-8-27(25)22-30/h3-4,7-8,12,14,19,23,28H,2,5-6,9-11,13,15-18,20-22H2,1H3. The maximum absolute atomic E-state index is 6.34. The normalized spacial score (nSPS) is 24.7. The van der Waals surface area contributed by atoms with Crippen molar-refractivity contribution in [2.24, 2.45) is 5.92 Å². The van der Waals surface area contributed by atoms with Crippen molar-refractivity contribution >= 4 is 0 Å². The van der Waals surface area contributed by atoms with Crippen molar-refractivity contribution in [2.45, 2.75) is 77.4 Å². The molecule has 0 N–H and O–H groups in total. The second kappa shape index (κ2) is 10.4. The van der Waals surface area contributed by atoms with Crippen LogP contribution in [0.5, 0.6) is 5.75 Å². The van der Waals surface area contributed by atoms with Gasteiger partial charge >= 0.3 is 0 Å². The van der Waals surface area contributed by atoms with Crippen LogP contribution in [-0.4, -0.2) is 42.1 Å².